The lowest BCUT2D eigenvalue weighted by Crippen LogP contribution is -2.23. The first-order chi connectivity index (χ1) is 15.9. The predicted molar refractivity (Wildman–Crippen MR) is 130 cm³/mol. The number of benzene rings is 2. The number of hydrogen-bond acceptors (Lipinski definition) is 6. The van der Waals surface area contributed by atoms with Gasteiger partial charge in [0.1, 0.15) is 0 Å². The Hall–Kier alpha value is -4.14. The largest absolute Gasteiger partial charge is 0.378 e. The van der Waals surface area contributed by atoms with Crippen molar-refractivity contribution in [3.8, 4) is 0 Å². The van der Waals surface area contributed by atoms with E-state index in [1.165, 1.54) is 4.52 Å². The number of carbonyl (C=O) groups excluding carboxylic acids is 1. The molecule has 2 aromatic carbocycles. The number of aromatic nitrogens is 4. The molecule has 9 heteroatoms. The van der Waals surface area contributed by atoms with Crippen LogP contribution >= 0.6 is 0 Å². The summed E-state index contributed by atoms with van der Waals surface area (Å²) >= 11 is 0. The second kappa shape index (κ2) is 9.56. The van der Waals surface area contributed by atoms with Crippen molar-refractivity contribution >= 4 is 29.0 Å². The molecule has 0 saturated heterocycles. The molecule has 0 aliphatic carbocycles. The Balaban J connectivity index is 1.42. The van der Waals surface area contributed by atoms with Gasteiger partial charge in [-0.1, -0.05) is 30.3 Å². The van der Waals surface area contributed by atoms with Gasteiger partial charge in [-0.15, -0.1) is 0 Å². The topological polar surface area (TPSA) is 107 Å². The molecule has 0 aliphatic heterocycles. The molecule has 0 aliphatic rings. The zero-order chi connectivity index (χ0) is 23.4. The van der Waals surface area contributed by atoms with Crippen molar-refractivity contribution in [1.82, 2.24) is 19.6 Å². The van der Waals surface area contributed by atoms with E-state index in [0.29, 0.717) is 29.5 Å². The molecule has 3 N–H and O–H groups in total. The maximum atomic E-state index is 13.0. The average molecular weight is 446 g/mol. The van der Waals surface area contributed by atoms with Gasteiger partial charge in [-0.2, -0.15) is 9.50 Å². The third-order valence-corrected chi connectivity index (χ3v) is 5.37. The van der Waals surface area contributed by atoms with Crippen molar-refractivity contribution < 1.29 is 4.79 Å². The fourth-order valence-corrected chi connectivity index (χ4v) is 3.51. The number of aromatic amines is 1. The Bertz CT molecular complexity index is 1310. The van der Waals surface area contributed by atoms with Crippen molar-refractivity contribution in [1.29, 1.82) is 0 Å². The van der Waals surface area contributed by atoms with Crippen molar-refractivity contribution in [2.75, 3.05) is 29.6 Å². The van der Waals surface area contributed by atoms with Gasteiger partial charge in [-0.25, -0.2) is 4.98 Å². The summed E-state index contributed by atoms with van der Waals surface area (Å²) in [5.41, 5.74) is 3.68. The molecule has 2 heterocycles. The Morgan fingerprint density at radius 1 is 1.06 bits per heavy atom. The SMILES string of the molecule is Cc1nc2nc(NCc3ccccc3)[nH]n2c(=O)c1CCC(=O)Nc1ccc(N(C)C)cc1. The van der Waals surface area contributed by atoms with Gasteiger partial charge < -0.3 is 15.5 Å². The van der Waals surface area contributed by atoms with E-state index in [-0.39, 0.29) is 24.3 Å². The van der Waals surface area contributed by atoms with Crippen LogP contribution < -0.4 is 21.1 Å². The number of H-pyrrole nitrogens is 1. The summed E-state index contributed by atoms with van der Waals surface area (Å²) in [5.74, 6) is 0.590. The molecule has 0 bridgehead atoms. The van der Waals surface area contributed by atoms with E-state index in [1.54, 1.807) is 6.92 Å². The van der Waals surface area contributed by atoms with Crippen LogP contribution in [0.15, 0.2) is 59.4 Å². The number of anilines is 3. The lowest BCUT2D eigenvalue weighted by Gasteiger charge is -2.13. The van der Waals surface area contributed by atoms with E-state index in [2.05, 4.69) is 25.7 Å². The molecule has 0 atom stereocenters. The number of hydrogen-bond donors (Lipinski definition) is 3. The molecule has 0 radical (unpaired) electrons. The average Bonchev–Trinajstić information content (AvgIpc) is 3.21. The van der Waals surface area contributed by atoms with Gasteiger partial charge in [0.15, 0.2) is 0 Å². The molecular formula is C24H27N7O2. The molecule has 4 aromatic rings. The number of nitrogens with one attached hydrogen (secondary N) is 3. The maximum absolute atomic E-state index is 13.0. The highest BCUT2D eigenvalue weighted by Crippen LogP contribution is 2.16. The third kappa shape index (κ3) is 5.20. The summed E-state index contributed by atoms with van der Waals surface area (Å²) < 4.78 is 1.31. The minimum Gasteiger partial charge on any atom is -0.378 e. The summed E-state index contributed by atoms with van der Waals surface area (Å²) in [7, 11) is 3.92. The van der Waals surface area contributed by atoms with Gasteiger partial charge in [0.2, 0.25) is 11.9 Å². The van der Waals surface area contributed by atoms with Gasteiger partial charge in [0.05, 0.1) is 5.69 Å². The molecular weight excluding hydrogens is 418 g/mol. The monoisotopic (exact) mass is 445 g/mol. The quantitative estimate of drug-likeness (QED) is 0.385. The van der Waals surface area contributed by atoms with Crippen LogP contribution in [-0.4, -0.2) is 39.6 Å². The van der Waals surface area contributed by atoms with E-state index in [0.717, 1.165) is 16.9 Å². The minimum atomic E-state index is -0.249. The number of aryl methyl sites for hydroxylation is 1. The number of carbonyl (C=O) groups is 1. The first-order valence-corrected chi connectivity index (χ1v) is 10.7. The summed E-state index contributed by atoms with van der Waals surface area (Å²) in [5, 5.41) is 9.00. The van der Waals surface area contributed by atoms with Crippen molar-refractivity contribution in [2.24, 2.45) is 0 Å². The second-order valence-electron chi connectivity index (χ2n) is 8.02. The predicted octanol–water partition coefficient (Wildman–Crippen LogP) is 2.98. The molecule has 4 rings (SSSR count). The standard InChI is InChI=1S/C24H27N7O2/c1-16-20(13-14-21(32)27-18-9-11-19(12-10-18)30(2)3)22(33)31-24(26-16)28-23(29-31)25-15-17-7-5-4-6-8-17/h4-12H,13-15H2,1-3H3,(H,27,32)(H2,25,26,28,29). The van der Waals surface area contributed by atoms with Crippen molar-refractivity contribution in [3.63, 3.8) is 0 Å². The lowest BCUT2D eigenvalue weighted by molar-refractivity contribution is -0.116. The number of fused-ring (bicyclic) bond motifs is 1. The normalized spacial score (nSPS) is 10.9. The van der Waals surface area contributed by atoms with Crippen LogP contribution in [0.5, 0.6) is 0 Å². The van der Waals surface area contributed by atoms with Crippen LogP contribution in [0.25, 0.3) is 5.78 Å². The van der Waals surface area contributed by atoms with E-state index >= 15 is 0 Å². The molecule has 0 spiro atoms. The van der Waals surface area contributed by atoms with Gasteiger partial charge in [-0.05, 0) is 43.2 Å². The van der Waals surface area contributed by atoms with E-state index in [4.69, 9.17) is 0 Å². The van der Waals surface area contributed by atoms with E-state index < -0.39 is 0 Å². The first kappa shape index (κ1) is 22.1. The molecule has 33 heavy (non-hydrogen) atoms. The molecule has 9 nitrogen and oxygen atoms in total. The van der Waals surface area contributed by atoms with Crippen LogP contribution in [0, 0.1) is 6.92 Å². The highest BCUT2D eigenvalue weighted by molar-refractivity contribution is 5.91. The highest BCUT2D eigenvalue weighted by Gasteiger charge is 2.15. The highest BCUT2D eigenvalue weighted by atomic mass is 16.1. The van der Waals surface area contributed by atoms with Crippen LogP contribution in [-0.2, 0) is 17.8 Å². The molecule has 0 saturated carbocycles. The fourth-order valence-electron chi connectivity index (χ4n) is 3.51. The first-order valence-electron chi connectivity index (χ1n) is 10.7. The molecule has 0 fully saturated rings. The Kier molecular flexibility index (Phi) is 6.39. The summed E-state index contributed by atoms with van der Waals surface area (Å²) in [6.07, 6.45) is 0.459. The van der Waals surface area contributed by atoms with E-state index in [9.17, 15) is 9.59 Å². The Labute approximate surface area is 191 Å². The van der Waals surface area contributed by atoms with E-state index in [1.807, 2.05) is 73.6 Å². The Morgan fingerprint density at radius 2 is 1.79 bits per heavy atom. The van der Waals surface area contributed by atoms with Gasteiger partial charge in [0.25, 0.3) is 11.3 Å². The summed E-state index contributed by atoms with van der Waals surface area (Å²) in [6, 6.07) is 17.5. The van der Waals surface area contributed by atoms with Gasteiger partial charge >= 0.3 is 0 Å². The lowest BCUT2D eigenvalue weighted by atomic mass is 10.1. The van der Waals surface area contributed by atoms with Crippen LogP contribution in [0.4, 0.5) is 17.3 Å². The van der Waals surface area contributed by atoms with Crippen molar-refractivity contribution in [2.45, 2.75) is 26.3 Å². The number of nitrogens with zero attached hydrogens (tertiary/aromatic N) is 4. The zero-order valence-corrected chi connectivity index (χ0v) is 18.9. The van der Waals surface area contributed by atoms with Crippen LogP contribution in [0.3, 0.4) is 0 Å². The molecule has 1 amide bonds. The van der Waals surface area contributed by atoms with Gasteiger partial charge in [-0.3, -0.25) is 14.7 Å². The number of rotatable bonds is 8. The Morgan fingerprint density at radius 3 is 2.48 bits per heavy atom. The molecule has 170 valence electrons. The summed E-state index contributed by atoms with van der Waals surface area (Å²) in [4.78, 5) is 36.2. The second-order valence-corrected chi connectivity index (χ2v) is 8.02. The smallest absolute Gasteiger partial charge is 0.277 e. The zero-order valence-electron chi connectivity index (χ0n) is 18.9. The maximum Gasteiger partial charge on any atom is 0.277 e. The van der Waals surface area contributed by atoms with Crippen LogP contribution in [0.1, 0.15) is 23.2 Å². The number of amides is 1. The third-order valence-electron chi connectivity index (χ3n) is 5.37. The molecule has 2 aromatic heterocycles. The summed E-state index contributed by atoms with van der Waals surface area (Å²) in [6.45, 7) is 2.33. The molecule has 0 unspecified atom stereocenters. The van der Waals surface area contributed by atoms with Crippen LogP contribution in [0.2, 0.25) is 0 Å². The fraction of sp³-hybridized carbons (Fsp3) is 0.250. The van der Waals surface area contributed by atoms with Gasteiger partial charge in [0, 0.05) is 44.0 Å². The van der Waals surface area contributed by atoms with Crippen molar-refractivity contribution in [3.05, 3.63) is 81.8 Å². The minimum absolute atomic E-state index is 0.161.